The Balaban J connectivity index is 1.75. The molecule has 0 spiro atoms. The van der Waals surface area contributed by atoms with Gasteiger partial charge in [-0.25, -0.2) is 0 Å². The number of alkyl halides is 3. The van der Waals surface area contributed by atoms with E-state index in [0.717, 1.165) is 5.56 Å². The van der Waals surface area contributed by atoms with Gasteiger partial charge in [0.05, 0.1) is 5.56 Å². The molecule has 0 saturated carbocycles. The number of nitrogens with one attached hydrogen (secondary N) is 1. The topological polar surface area (TPSA) is 92.8 Å². The van der Waals surface area contributed by atoms with Crippen LogP contribution in [0.25, 0.3) is 0 Å². The maximum absolute atomic E-state index is 12.9. The number of ether oxygens (including phenoxy) is 1. The third-order valence-corrected chi connectivity index (χ3v) is 5.52. The van der Waals surface area contributed by atoms with Crippen molar-refractivity contribution in [3.8, 4) is 5.75 Å². The number of sulfonamides is 1. The quantitative estimate of drug-likeness (QED) is 0.568. The molecule has 7 nitrogen and oxygen atoms in total. The fraction of sp³-hybridized carbons (Fsp3) is 0.263. The number of fused-ring (bicyclic) bond motifs is 1. The molecule has 0 aromatic heterocycles. The van der Waals surface area contributed by atoms with Gasteiger partial charge in [-0.15, -0.1) is 0 Å². The van der Waals surface area contributed by atoms with E-state index in [1.807, 2.05) is 0 Å². The summed E-state index contributed by atoms with van der Waals surface area (Å²) < 4.78 is 66.3. The van der Waals surface area contributed by atoms with Gasteiger partial charge < -0.3 is 9.64 Å². The lowest BCUT2D eigenvalue weighted by Gasteiger charge is -2.29. The van der Waals surface area contributed by atoms with Gasteiger partial charge in [-0.3, -0.25) is 14.3 Å². The van der Waals surface area contributed by atoms with Gasteiger partial charge in [0, 0.05) is 25.7 Å². The fourth-order valence-electron chi connectivity index (χ4n) is 3.05. The van der Waals surface area contributed by atoms with Crippen molar-refractivity contribution in [2.24, 2.45) is 0 Å². The monoisotopic (exact) mass is 442 g/mol. The van der Waals surface area contributed by atoms with Crippen LogP contribution in [0.4, 0.5) is 18.9 Å². The number of hydrogen-bond acceptors (Lipinski definition) is 5. The van der Waals surface area contributed by atoms with Crippen molar-refractivity contribution in [3.05, 3.63) is 59.2 Å². The average molecular weight is 442 g/mol. The Morgan fingerprint density at radius 1 is 1.17 bits per heavy atom. The summed E-state index contributed by atoms with van der Waals surface area (Å²) in [6.45, 7) is 1.79. The minimum absolute atomic E-state index is 0.152. The number of benzene rings is 2. The number of carbonyl (C=O) groups is 2. The first-order chi connectivity index (χ1) is 14.0. The minimum Gasteiger partial charge on any atom is -0.426 e. The van der Waals surface area contributed by atoms with Crippen LogP contribution in [-0.2, 0) is 27.8 Å². The molecule has 1 heterocycles. The van der Waals surface area contributed by atoms with Crippen LogP contribution < -0.4 is 9.46 Å². The number of anilines is 1. The summed E-state index contributed by atoms with van der Waals surface area (Å²) in [6, 6.07) is 10.2. The normalized spacial score (nSPS) is 14.3. The molecule has 0 saturated heterocycles. The Kier molecular flexibility index (Phi) is 5.75. The summed E-state index contributed by atoms with van der Waals surface area (Å²) in [6.07, 6.45) is 0.541. The average Bonchev–Trinajstić information content (AvgIpc) is 2.64. The van der Waals surface area contributed by atoms with E-state index < -0.39 is 21.5 Å². The highest BCUT2D eigenvalue weighted by molar-refractivity contribution is 7.93. The predicted octanol–water partition coefficient (Wildman–Crippen LogP) is 3.07. The van der Waals surface area contributed by atoms with Gasteiger partial charge in [-0.05, 0) is 35.7 Å². The molecule has 3 rings (SSSR count). The Hall–Kier alpha value is -3.08. The molecule has 0 atom stereocenters. The van der Waals surface area contributed by atoms with Gasteiger partial charge >= 0.3 is 21.5 Å². The van der Waals surface area contributed by atoms with Crippen molar-refractivity contribution < 1.29 is 35.9 Å². The van der Waals surface area contributed by atoms with E-state index in [1.54, 1.807) is 12.1 Å². The van der Waals surface area contributed by atoms with Crippen molar-refractivity contribution in [1.82, 2.24) is 4.90 Å². The lowest BCUT2D eigenvalue weighted by atomic mass is 9.97. The van der Waals surface area contributed by atoms with Crippen molar-refractivity contribution in [2.75, 3.05) is 11.3 Å². The number of esters is 1. The zero-order valence-electron chi connectivity index (χ0n) is 15.7. The number of nitrogens with zero attached hydrogens (tertiary/aromatic N) is 1. The SMILES string of the molecule is CC(=O)Oc1cccc2c1C(=O)N(Cc1ccc(NS(=O)(=O)C(F)(F)F)cc1)CC2. The van der Waals surface area contributed by atoms with Crippen LogP contribution in [0.15, 0.2) is 42.5 Å². The molecule has 0 unspecified atom stereocenters. The van der Waals surface area contributed by atoms with E-state index in [9.17, 15) is 31.2 Å². The van der Waals surface area contributed by atoms with Gasteiger partial charge in [-0.2, -0.15) is 21.6 Å². The van der Waals surface area contributed by atoms with Gasteiger partial charge in [0.25, 0.3) is 5.91 Å². The second kappa shape index (κ2) is 7.98. The molecule has 0 fully saturated rings. The van der Waals surface area contributed by atoms with E-state index >= 15 is 0 Å². The standard InChI is InChI=1S/C19H17F3N2O5S/c1-12(25)29-16-4-2-3-14-9-10-24(18(26)17(14)16)11-13-5-7-15(8-6-13)23-30(27,28)19(20,21)22/h2-8,23H,9-11H2,1H3. The summed E-state index contributed by atoms with van der Waals surface area (Å²) in [5.74, 6) is -0.716. The first kappa shape index (κ1) is 21.6. The van der Waals surface area contributed by atoms with Crippen molar-refractivity contribution in [1.29, 1.82) is 0 Å². The molecule has 1 N–H and O–H groups in total. The maximum Gasteiger partial charge on any atom is 0.516 e. The van der Waals surface area contributed by atoms with Crippen molar-refractivity contribution in [2.45, 2.75) is 25.4 Å². The zero-order valence-corrected chi connectivity index (χ0v) is 16.5. The van der Waals surface area contributed by atoms with Crippen molar-refractivity contribution in [3.63, 3.8) is 0 Å². The zero-order chi connectivity index (χ0) is 22.1. The van der Waals surface area contributed by atoms with Gasteiger partial charge in [0.2, 0.25) is 0 Å². The molecular weight excluding hydrogens is 425 g/mol. The first-order valence-electron chi connectivity index (χ1n) is 8.75. The van der Waals surface area contributed by atoms with Gasteiger partial charge in [0.15, 0.2) is 0 Å². The third-order valence-electron chi connectivity index (χ3n) is 4.40. The van der Waals surface area contributed by atoms with Crippen LogP contribution in [0.1, 0.15) is 28.4 Å². The highest BCUT2D eigenvalue weighted by Crippen LogP contribution is 2.30. The number of amides is 1. The number of carbonyl (C=O) groups excluding carboxylic acids is 2. The summed E-state index contributed by atoms with van der Waals surface area (Å²) in [7, 11) is -5.50. The minimum atomic E-state index is -5.50. The third kappa shape index (κ3) is 4.56. The fourth-order valence-corrected chi connectivity index (χ4v) is 3.61. The molecule has 160 valence electrons. The van der Waals surface area contributed by atoms with E-state index in [4.69, 9.17) is 4.74 Å². The molecular formula is C19H17F3N2O5S. The second-order valence-electron chi connectivity index (χ2n) is 6.61. The van der Waals surface area contributed by atoms with E-state index in [0.29, 0.717) is 24.1 Å². The number of rotatable bonds is 5. The predicted molar refractivity (Wildman–Crippen MR) is 101 cm³/mol. The summed E-state index contributed by atoms with van der Waals surface area (Å²) in [5.41, 5.74) is -4.02. The lowest BCUT2D eigenvalue weighted by molar-refractivity contribution is -0.131. The lowest BCUT2D eigenvalue weighted by Crippen LogP contribution is -2.37. The molecule has 1 amide bonds. The number of hydrogen-bond donors (Lipinski definition) is 1. The summed E-state index contributed by atoms with van der Waals surface area (Å²) in [5, 5.41) is 0. The van der Waals surface area contributed by atoms with Crippen LogP contribution in [0.2, 0.25) is 0 Å². The Morgan fingerprint density at radius 2 is 1.83 bits per heavy atom. The smallest absolute Gasteiger partial charge is 0.426 e. The Labute approximate surface area is 170 Å². The maximum atomic E-state index is 12.9. The summed E-state index contributed by atoms with van der Waals surface area (Å²) >= 11 is 0. The molecule has 11 heteroatoms. The van der Waals surface area contributed by atoms with Gasteiger partial charge in [0.1, 0.15) is 5.75 Å². The van der Waals surface area contributed by atoms with Crippen LogP contribution in [-0.4, -0.2) is 37.2 Å². The van der Waals surface area contributed by atoms with Crippen LogP contribution in [0.5, 0.6) is 5.75 Å². The highest BCUT2D eigenvalue weighted by atomic mass is 32.2. The van der Waals surface area contributed by atoms with Gasteiger partial charge in [-0.1, -0.05) is 24.3 Å². The second-order valence-corrected chi connectivity index (χ2v) is 8.28. The molecule has 2 aromatic rings. The van der Waals surface area contributed by atoms with Crippen LogP contribution in [0, 0.1) is 0 Å². The first-order valence-corrected chi connectivity index (χ1v) is 10.2. The molecule has 1 aliphatic rings. The molecule has 30 heavy (non-hydrogen) atoms. The van der Waals surface area contributed by atoms with Crippen LogP contribution in [0.3, 0.4) is 0 Å². The molecule has 0 aliphatic carbocycles. The molecule has 1 aliphatic heterocycles. The summed E-state index contributed by atoms with van der Waals surface area (Å²) in [4.78, 5) is 25.7. The largest absolute Gasteiger partial charge is 0.516 e. The molecule has 2 aromatic carbocycles. The Morgan fingerprint density at radius 3 is 2.43 bits per heavy atom. The van der Waals surface area contributed by atoms with Crippen molar-refractivity contribution >= 4 is 27.6 Å². The van der Waals surface area contributed by atoms with E-state index in [-0.39, 0.29) is 23.9 Å². The van der Waals surface area contributed by atoms with E-state index in [1.165, 1.54) is 46.9 Å². The molecule has 0 radical (unpaired) electrons. The molecule has 0 bridgehead atoms. The van der Waals surface area contributed by atoms with Crippen LogP contribution >= 0.6 is 0 Å². The number of halogens is 3. The Bertz CT molecular complexity index is 1080. The van der Waals surface area contributed by atoms with E-state index in [2.05, 4.69) is 0 Å². The highest BCUT2D eigenvalue weighted by Gasteiger charge is 2.46.